The molecule has 3 N–H and O–H groups in total. The number of aromatic carboxylic acids is 1. The summed E-state index contributed by atoms with van der Waals surface area (Å²) in [6.07, 6.45) is 0.520. The van der Waals surface area contributed by atoms with Crippen LogP contribution in [0.4, 0.5) is 5.82 Å². The SMILES string of the molecule is CCc1c(N)nc(C(C)C)nc1C(=O)O. The van der Waals surface area contributed by atoms with Crippen molar-refractivity contribution in [1.29, 1.82) is 0 Å². The molecule has 82 valence electrons. The predicted octanol–water partition coefficient (Wildman–Crippen LogP) is 1.44. The van der Waals surface area contributed by atoms with E-state index >= 15 is 0 Å². The zero-order chi connectivity index (χ0) is 11.6. The highest BCUT2D eigenvalue weighted by molar-refractivity contribution is 5.88. The van der Waals surface area contributed by atoms with E-state index < -0.39 is 5.97 Å². The fourth-order valence-corrected chi connectivity index (χ4v) is 1.30. The Morgan fingerprint density at radius 1 is 1.47 bits per heavy atom. The van der Waals surface area contributed by atoms with Crippen molar-refractivity contribution in [3.8, 4) is 0 Å². The molecule has 5 heteroatoms. The lowest BCUT2D eigenvalue weighted by atomic mass is 10.1. The maximum atomic E-state index is 11.0. The van der Waals surface area contributed by atoms with E-state index in [2.05, 4.69) is 9.97 Å². The number of carboxylic acids is 1. The number of nitrogen functional groups attached to an aromatic ring is 1. The van der Waals surface area contributed by atoms with Crippen LogP contribution in [0.3, 0.4) is 0 Å². The van der Waals surface area contributed by atoms with Crippen LogP contribution in [-0.2, 0) is 6.42 Å². The van der Waals surface area contributed by atoms with E-state index in [1.54, 1.807) is 0 Å². The molecule has 1 heterocycles. The molecular formula is C10H15N3O2. The van der Waals surface area contributed by atoms with Gasteiger partial charge in [0.05, 0.1) is 0 Å². The van der Waals surface area contributed by atoms with Gasteiger partial charge in [0.1, 0.15) is 11.6 Å². The first kappa shape index (κ1) is 11.4. The second-order valence-electron chi connectivity index (χ2n) is 3.61. The zero-order valence-corrected chi connectivity index (χ0v) is 9.11. The van der Waals surface area contributed by atoms with Gasteiger partial charge in [-0.15, -0.1) is 0 Å². The zero-order valence-electron chi connectivity index (χ0n) is 9.11. The Bertz CT molecular complexity index is 388. The third-order valence-electron chi connectivity index (χ3n) is 2.13. The molecule has 0 aromatic carbocycles. The van der Waals surface area contributed by atoms with E-state index in [0.717, 1.165) is 0 Å². The van der Waals surface area contributed by atoms with E-state index in [1.807, 2.05) is 20.8 Å². The van der Waals surface area contributed by atoms with Gasteiger partial charge in [-0.3, -0.25) is 0 Å². The number of hydrogen-bond acceptors (Lipinski definition) is 4. The summed E-state index contributed by atoms with van der Waals surface area (Å²) < 4.78 is 0. The first-order valence-corrected chi connectivity index (χ1v) is 4.86. The normalized spacial score (nSPS) is 10.7. The summed E-state index contributed by atoms with van der Waals surface area (Å²) in [6, 6.07) is 0. The van der Waals surface area contributed by atoms with Gasteiger partial charge in [-0.25, -0.2) is 14.8 Å². The van der Waals surface area contributed by atoms with Gasteiger partial charge in [0.15, 0.2) is 5.69 Å². The van der Waals surface area contributed by atoms with Crippen LogP contribution in [-0.4, -0.2) is 21.0 Å². The number of anilines is 1. The minimum Gasteiger partial charge on any atom is -0.476 e. The van der Waals surface area contributed by atoms with Crippen LogP contribution in [0.2, 0.25) is 0 Å². The summed E-state index contributed by atoms with van der Waals surface area (Å²) in [6.45, 7) is 5.62. The van der Waals surface area contributed by atoms with Gasteiger partial charge in [0, 0.05) is 11.5 Å². The Balaban J connectivity index is 3.38. The summed E-state index contributed by atoms with van der Waals surface area (Å²) in [5.74, 6) is -0.241. The van der Waals surface area contributed by atoms with Crippen molar-refractivity contribution in [3.63, 3.8) is 0 Å². The maximum absolute atomic E-state index is 11.0. The van der Waals surface area contributed by atoms with E-state index in [-0.39, 0.29) is 17.4 Å². The summed E-state index contributed by atoms with van der Waals surface area (Å²) in [7, 11) is 0. The Labute approximate surface area is 88.4 Å². The van der Waals surface area contributed by atoms with E-state index in [9.17, 15) is 4.79 Å². The summed E-state index contributed by atoms with van der Waals surface area (Å²) in [5.41, 5.74) is 6.22. The Morgan fingerprint density at radius 2 is 2.07 bits per heavy atom. The van der Waals surface area contributed by atoms with Crippen LogP contribution in [0.15, 0.2) is 0 Å². The van der Waals surface area contributed by atoms with Gasteiger partial charge in [-0.2, -0.15) is 0 Å². The van der Waals surface area contributed by atoms with Crippen molar-refractivity contribution in [2.24, 2.45) is 0 Å². The first-order chi connectivity index (χ1) is 6.97. The molecule has 1 aromatic rings. The lowest BCUT2D eigenvalue weighted by molar-refractivity contribution is 0.0688. The third kappa shape index (κ3) is 2.23. The predicted molar refractivity (Wildman–Crippen MR) is 56.9 cm³/mol. The second-order valence-corrected chi connectivity index (χ2v) is 3.61. The molecule has 15 heavy (non-hydrogen) atoms. The average Bonchev–Trinajstić information content (AvgIpc) is 2.16. The van der Waals surface area contributed by atoms with Crippen molar-refractivity contribution in [2.75, 3.05) is 5.73 Å². The Kier molecular flexibility index (Phi) is 3.24. The molecule has 0 bridgehead atoms. The van der Waals surface area contributed by atoms with Crippen molar-refractivity contribution >= 4 is 11.8 Å². The molecule has 0 aliphatic carbocycles. The molecule has 0 aliphatic rings. The summed E-state index contributed by atoms with van der Waals surface area (Å²) in [5, 5.41) is 8.98. The largest absolute Gasteiger partial charge is 0.476 e. The van der Waals surface area contributed by atoms with Crippen molar-refractivity contribution in [1.82, 2.24) is 9.97 Å². The lowest BCUT2D eigenvalue weighted by Gasteiger charge is -2.10. The van der Waals surface area contributed by atoms with Crippen LogP contribution in [0, 0.1) is 0 Å². The van der Waals surface area contributed by atoms with Crippen LogP contribution in [0.5, 0.6) is 0 Å². The topological polar surface area (TPSA) is 89.1 Å². The van der Waals surface area contributed by atoms with Crippen molar-refractivity contribution < 1.29 is 9.90 Å². The second kappa shape index (κ2) is 4.25. The molecule has 0 radical (unpaired) electrons. The van der Waals surface area contributed by atoms with Crippen LogP contribution in [0.25, 0.3) is 0 Å². The number of hydrogen-bond donors (Lipinski definition) is 2. The van der Waals surface area contributed by atoms with Crippen LogP contribution >= 0.6 is 0 Å². The van der Waals surface area contributed by atoms with E-state index in [0.29, 0.717) is 17.8 Å². The highest BCUT2D eigenvalue weighted by Crippen LogP contribution is 2.18. The van der Waals surface area contributed by atoms with Crippen molar-refractivity contribution in [2.45, 2.75) is 33.1 Å². The molecule has 0 saturated carbocycles. The quantitative estimate of drug-likeness (QED) is 0.786. The highest BCUT2D eigenvalue weighted by atomic mass is 16.4. The molecule has 0 atom stereocenters. The maximum Gasteiger partial charge on any atom is 0.354 e. The Hall–Kier alpha value is -1.65. The number of nitrogens with zero attached hydrogens (tertiary/aromatic N) is 2. The molecular weight excluding hydrogens is 194 g/mol. The number of rotatable bonds is 3. The molecule has 0 unspecified atom stereocenters. The standard InChI is InChI=1S/C10H15N3O2/c1-4-6-7(10(14)15)12-9(5(2)3)13-8(6)11/h5H,4H2,1-3H3,(H,14,15)(H2,11,12,13). The summed E-state index contributed by atoms with van der Waals surface area (Å²) in [4.78, 5) is 19.1. The molecule has 0 saturated heterocycles. The fraction of sp³-hybridized carbons (Fsp3) is 0.500. The smallest absolute Gasteiger partial charge is 0.354 e. The fourth-order valence-electron chi connectivity index (χ4n) is 1.30. The van der Waals surface area contributed by atoms with Crippen LogP contribution in [0.1, 0.15) is 48.6 Å². The average molecular weight is 209 g/mol. The summed E-state index contributed by atoms with van der Waals surface area (Å²) >= 11 is 0. The van der Waals surface area contributed by atoms with Gasteiger partial charge < -0.3 is 10.8 Å². The highest BCUT2D eigenvalue weighted by Gasteiger charge is 2.17. The minimum absolute atomic E-state index is 0.0219. The molecule has 1 rings (SSSR count). The number of carboxylic acid groups (broad SMARTS) is 1. The number of aromatic nitrogens is 2. The molecule has 0 amide bonds. The lowest BCUT2D eigenvalue weighted by Crippen LogP contribution is -2.13. The first-order valence-electron chi connectivity index (χ1n) is 4.86. The number of nitrogens with two attached hydrogens (primary N) is 1. The van der Waals surface area contributed by atoms with E-state index in [4.69, 9.17) is 10.8 Å². The third-order valence-corrected chi connectivity index (χ3v) is 2.13. The minimum atomic E-state index is -1.05. The van der Waals surface area contributed by atoms with Gasteiger partial charge in [0.25, 0.3) is 0 Å². The number of carbonyl (C=O) groups is 1. The van der Waals surface area contributed by atoms with E-state index in [1.165, 1.54) is 0 Å². The van der Waals surface area contributed by atoms with Gasteiger partial charge >= 0.3 is 5.97 Å². The van der Waals surface area contributed by atoms with Crippen molar-refractivity contribution in [3.05, 3.63) is 17.1 Å². The molecule has 5 nitrogen and oxygen atoms in total. The Morgan fingerprint density at radius 3 is 2.47 bits per heavy atom. The molecule has 0 spiro atoms. The van der Waals surface area contributed by atoms with Gasteiger partial charge in [-0.05, 0) is 6.42 Å². The molecule has 0 aliphatic heterocycles. The van der Waals surface area contributed by atoms with Crippen LogP contribution < -0.4 is 5.73 Å². The molecule has 0 fully saturated rings. The van der Waals surface area contributed by atoms with Gasteiger partial charge in [0.2, 0.25) is 0 Å². The molecule has 1 aromatic heterocycles. The van der Waals surface area contributed by atoms with Gasteiger partial charge in [-0.1, -0.05) is 20.8 Å². The monoisotopic (exact) mass is 209 g/mol.